The fourth-order valence-electron chi connectivity index (χ4n) is 7.41. The van der Waals surface area contributed by atoms with Crippen LogP contribution in [0.5, 0.6) is 0 Å². The van der Waals surface area contributed by atoms with Gasteiger partial charge < -0.3 is 29.3 Å². The summed E-state index contributed by atoms with van der Waals surface area (Å²) < 4.78 is 13.0. The van der Waals surface area contributed by atoms with Crippen molar-refractivity contribution in [3.05, 3.63) is 61.2 Å². The Kier molecular flexibility index (Phi) is 12.8. The Bertz CT molecular complexity index is 1290. The Balaban J connectivity index is 1.69. The van der Waals surface area contributed by atoms with Crippen LogP contribution < -0.4 is 0 Å². The Morgan fingerprint density at radius 3 is 2.55 bits per heavy atom. The van der Waals surface area contributed by atoms with Crippen molar-refractivity contribution < 1.29 is 33.8 Å². The number of likely N-dealkylation sites (tertiary alicyclic amines) is 1. The normalized spacial score (nSPS) is 27.2. The van der Waals surface area contributed by atoms with E-state index in [4.69, 9.17) is 9.47 Å². The van der Waals surface area contributed by atoms with Crippen molar-refractivity contribution in [2.24, 2.45) is 11.8 Å². The Morgan fingerprint density at radius 2 is 1.91 bits per heavy atom. The maximum absolute atomic E-state index is 14.4. The molecular formula is C36H50BrN3O7. The molecule has 0 aromatic heterocycles. The van der Waals surface area contributed by atoms with Gasteiger partial charge in [-0.1, -0.05) is 71.8 Å². The lowest BCUT2D eigenvalue weighted by molar-refractivity contribution is -0.164. The van der Waals surface area contributed by atoms with E-state index in [0.717, 1.165) is 18.4 Å². The number of alkyl halides is 1. The van der Waals surface area contributed by atoms with E-state index in [-0.39, 0.29) is 42.1 Å². The number of hydrogen-bond donors (Lipinski definition) is 1. The number of fused-ring (bicyclic) bond motifs is 1. The smallest absolute Gasteiger partial charge is 0.313 e. The average Bonchev–Trinajstić information content (AvgIpc) is 3.66. The zero-order valence-corrected chi connectivity index (χ0v) is 29.5. The van der Waals surface area contributed by atoms with Crippen molar-refractivity contribution in [2.75, 3.05) is 33.3 Å². The lowest BCUT2D eigenvalue weighted by Crippen LogP contribution is -2.57. The van der Waals surface area contributed by atoms with E-state index in [1.165, 1.54) is 0 Å². The number of ether oxygens (including phenoxy) is 2. The van der Waals surface area contributed by atoms with Gasteiger partial charge in [0.25, 0.3) is 0 Å². The first-order chi connectivity index (χ1) is 22.6. The number of hydrogen-bond acceptors (Lipinski definition) is 7. The number of esters is 1. The van der Waals surface area contributed by atoms with E-state index >= 15 is 0 Å². The molecule has 0 saturated carbocycles. The Hall–Kier alpha value is -3.02. The minimum absolute atomic E-state index is 0.0328. The second-order valence-electron chi connectivity index (χ2n) is 12.9. The van der Waals surface area contributed by atoms with E-state index < -0.39 is 47.7 Å². The number of carbonyl (C=O) groups is 4. The number of aliphatic hydroxyl groups is 1. The SMILES string of the molecule is C=CCCC(=O)N(C)[C@@H](C)[C@@H](OC(=O)[C@H]1[C@@H]2O[C@@]3(CC2Br)[C@@H]1C(=O)N(CCCCO)[C@@H]3C(=O)N(CC=C)CCCC)c1ccccc1. The van der Waals surface area contributed by atoms with Crippen molar-refractivity contribution in [2.45, 2.75) is 93.5 Å². The van der Waals surface area contributed by atoms with Gasteiger partial charge in [0, 0.05) is 44.5 Å². The molecule has 3 aliphatic rings. The van der Waals surface area contributed by atoms with Crippen LogP contribution in [-0.2, 0) is 28.7 Å². The summed E-state index contributed by atoms with van der Waals surface area (Å²) in [6, 6.07) is 7.83. The minimum atomic E-state index is -1.22. The third kappa shape index (κ3) is 7.37. The Labute approximate surface area is 287 Å². The average molecular weight is 717 g/mol. The highest BCUT2D eigenvalue weighted by Crippen LogP contribution is 2.60. The summed E-state index contributed by atoms with van der Waals surface area (Å²) in [4.78, 5) is 60.7. The first kappa shape index (κ1) is 36.8. The van der Waals surface area contributed by atoms with Gasteiger partial charge in [-0.05, 0) is 44.6 Å². The molecule has 1 aromatic carbocycles. The molecule has 0 aliphatic carbocycles. The van der Waals surface area contributed by atoms with Crippen LogP contribution >= 0.6 is 15.9 Å². The number of carbonyl (C=O) groups excluding carboxylic acids is 4. The van der Waals surface area contributed by atoms with Crippen LogP contribution in [0.15, 0.2) is 55.6 Å². The maximum Gasteiger partial charge on any atom is 0.313 e. The van der Waals surface area contributed by atoms with Crippen molar-refractivity contribution >= 4 is 39.6 Å². The summed E-state index contributed by atoms with van der Waals surface area (Å²) in [7, 11) is 1.69. The summed E-state index contributed by atoms with van der Waals surface area (Å²) in [6.45, 7) is 12.5. The topological polar surface area (TPSA) is 117 Å². The molecule has 3 amide bonds. The van der Waals surface area contributed by atoms with E-state index in [9.17, 15) is 24.3 Å². The first-order valence-electron chi connectivity index (χ1n) is 16.8. The lowest BCUT2D eigenvalue weighted by Gasteiger charge is -2.37. The number of unbranched alkanes of at least 4 members (excludes halogenated alkanes) is 2. The number of benzene rings is 1. The molecule has 10 nitrogen and oxygen atoms in total. The fraction of sp³-hybridized carbons (Fsp3) is 0.611. The number of amides is 3. The molecule has 3 aliphatic heterocycles. The summed E-state index contributed by atoms with van der Waals surface area (Å²) in [6.07, 6.45) is 5.76. The molecule has 4 rings (SSSR count). The van der Waals surface area contributed by atoms with Crippen LogP contribution in [0.25, 0.3) is 0 Å². The molecule has 2 bridgehead atoms. The molecular weight excluding hydrogens is 666 g/mol. The first-order valence-corrected chi connectivity index (χ1v) is 17.7. The molecule has 258 valence electrons. The zero-order chi connectivity index (χ0) is 34.3. The van der Waals surface area contributed by atoms with E-state index in [0.29, 0.717) is 38.8 Å². The molecule has 47 heavy (non-hydrogen) atoms. The zero-order valence-electron chi connectivity index (χ0n) is 27.9. The molecule has 1 spiro atoms. The molecule has 3 fully saturated rings. The maximum atomic E-state index is 14.4. The number of nitrogens with zero attached hydrogens (tertiary/aromatic N) is 3. The third-order valence-electron chi connectivity index (χ3n) is 9.92. The monoisotopic (exact) mass is 715 g/mol. The van der Waals surface area contributed by atoms with Gasteiger partial charge in [-0.25, -0.2) is 0 Å². The van der Waals surface area contributed by atoms with Crippen molar-refractivity contribution in [1.82, 2.24) is 14.7 Å². The fourth-order valence-corrected chi connectivity index (χ4v) is 8.35. The molecule has 1 N–H and O–H groups in total. The highest BCUT2D eigenvalue weighted by Gasteiger charge is 2.77. The molecule has 1 unspecified atom stereocenters. The van der Waals surface area contributed by atoms with Crippen LogP contribution in [-0.4, -0.2) is 105 Å². The third-order valence-corrected chi connectivity index (χ3v) is 10.8. The van der Waals surface area contributed by atoms with Gasteiger partial charge in [-0.2, -0.15) is 0 Å². The summed E-state index contributed by atoms with van der Waals surface area (Å²) in [5, 5.41) is 9.48. The van der Waals surface area contributed by atoms with Crippen LogP contribution in [0.4, 0.5) is 0 Å². The Morgan fingerprint density at radius 1 is 1.19 bits per heavy atom. The molecule has 0 radical (unpaired) electrons. The standard InChI is InChI=1S/C36H50BrN3O7/c1-6-9-18-27(42)38(5)24(4)30(25-16-12-11-13-17-25)46-35(45)28-29-33(43)40(21-14-15-22-41)32(36(29)23-26(37)31(28)47-36)34(44)39(19-8-3)20-10-7-2/h6,8,11-13,16-17,24,26,28-32,41H,1,3,7,9-10,14-15,18-23H2,2,4-5H3/t24-,26?,28+,29-,30+,31+,32+,36-/m0/s1. The number of rotatable bonds is 18. The van der Waals surface area contributed by atoms with Crippen LogP contribution in [0.1, 0.15) is 70.5 Å². The van der Waals surface area contributed by atoms with Gasteiger partial charge in [0.1, 0.15) is 17.7 Å². The van der Waals surface area contributed by atoms with E-state index in [2.05, 4.69) is 36.0 Å². The molecule has 3 saturated heterocycles. The number of likely N-dealkylation sites (N-methyl/N-ethyl adjacent to an activating group) is 1. The van der Waals surface area contributed by atoms with Crippen LogP contribution in [0, 0.1) is 11.8 Å². The van der Waals surface area contributed by atoms with Gasteiger partial charge in [0.2, 0.25) is 17.7 Å². The predicted molar refractivity (Wildman–Crippen MR) is 182 cm³/mol. The molecule has 1 aromatic rings. The highest BCUT2D eigenvalue weighted by atomic mass is 79.9. The number of halogens is 1. The predicted octanol–water partition coefficient (Wildman–Crippen LogP) is 4.42. The molecule has 8 atom stereocenters. The van der Waals surface area contributed by atoms with Gasteiger partial charge in [-0.3, -0.25) is 19.2 Å². The second-order valence-corrected chi connectivity index (χ2v) is 14.1. The van der Waals surface area contributed by atoms with Crippen LogP contribution in [0.2, 0.25) is 0 Å². The quantitative estimate of drug-likeness (QED) is 0.104. The second kappa shape index (κ2) is 16.4. The van der Waals surface area contributed by atoms with E-state index in [1.807, 2.05) is 37.3 Å². The van der Waals surface area contributed by atoms with E-state index in [1.54, 1.807) is 33.9 Å². The van der Waals surface area contributed by atoms with Gasteiger partial charge in [-0.15, -0.1) is 13.2 Å². The minimum Gasteiger partial charge on any atom is -0.455 e. The van der Waals surface area contributed by atoms with Crippen molar-refractivity contribution in [3.8, 4) is 0 Å². The van der Waals surface area contributed by atoms with Crippen molar-refractivity contribution in [1.29, 1.82) is 0 Å². The van der Waals surface area contributed by atoms with Gasteiger partial charge in [0.05, 0.1) is 24.0 Å². The highest BCUT2D eigenvalue weighted by molar-refractivity contribution is 9.09. The van der Waals surface area contributed by atoms with Gasteiger partial charge >= 0.3 is 5.97 Å². The summed E-state index contributed by atoms with van der Waals surface area (Å²) in [5.41, 5.74) is -0.495. The van der Waals surface area contributed by atoms with Crippen molar-refractivity contribution in [3.63, 3.8) is 0 Å². The largest absolute Gasteiger partial charge is 0.455 e. The number of allylic oxidation sites excluding steroid dienone is 1. The number of aliphatic hydroxyl groups excluding tert-OH is 1. The van der Waals surface area contributed by atoms with Gasteiger partial charge in [0.15, 0.2) is 0 Å². The van der Waals surface area contributed by atoms with Crippen LogP contribution in [0.3, 0.4) is 0 Å². The summed E-state index contributed by atoms with van der Waals surface area (Å²) in [5.74, 6) is -3.09. The molecule has 3 heterocycles. The lowest BCUT2D eigenvalue weighted by atomic mass is 9.70. The molecule has 11 heteroatoms. The summed E-state index contributed by atoms with van der Waals surface area (Å²) >= 11 is 3.73.